The van der Waals surface area contributed by atoms with Crippen molar-refractivity contribution in [3.8, 4) is 10.6 Å². The molecule has 0 spiro atoms. The molecule has 0 fully saturated rings. The van der Waals surface area contributed by atoms with E-state index in [1.165, 1.54) is 0 Å². The molecule has 0 amide bonds. The topological polar surface area (TPSA) is 59.3 Å². The van der Waals surface area contributed by atoms with E-state index in [2.05, 4.69) is 0 Å². The number of hydrogen-bond acceptors (Lipinski definition) is 4. The van der Waals surface area contributed by atoms with Gasteiger partial charge < -0.3 is 5.11 Å². The van der Waals surface area contributed by atoms with Crippen LogP contribution in [0.2, 0.25) is 0 Å². The zero-order valence-electron chi connectivity index (χ0n) is 9.88. The van der Waals surface area contributed by atoms with Crippen molar-refractivity contribution in [1.29, 1.82) is 0 Å². The van der Waals surface area contributed by atoms with E-state index in [0.717, 1.165) is 27.5 Å². The van der Waals surface area contributed by atoms with Gasteiger partial charge in [0.1, 0.15) is 0 Å². The maximum atomic E-state index is 11.8. The van der Waals surface area contributed by atoms with Crippen molar-refractivity contribution in [2.24, 2.45) is 0 Å². The fourth-order valence-electron chi connectivity index (χ4n) is 1.74. The molecule has 0 aliphatic heterocycles. The van der Waals surface area contributed by atoms with Crippen molar-refractivity contribution in [1.82, 2.24) is 4.57 Å². The SMILES string of the molecule is Cc1ccsc1-c1csc(=O)n1CCCC(=O)O. The Kier molecular flexibility index (Phi) is 3.98. The summed E-state index contributed by atoms with van der Waals surface area (Å²) in [6, 6.07) is 2.02. The third-order valence-corrected chi connectivity index (χ3v) is 4.45. The molecule has 0 atom stereocenters. The lowest BCUT2D eigenvalue weighted by atomic mass is 10.2. The Labute approximate surface area is 112 Å². The van der Waals surface area contributed by atoms with Crippen molar-refractivity contribution in [2.45, 2.75) is 26.3 Å². The first-order chi connectivity index (χ1) is 8.59. The minimum absolute atomic E-state index is 0.0248. The highest BCUT2D eigenvalue weighted by atomic mass is 32.1. The molecule has 0 aliphatic rings. The van der Waals surface area contributed by atoms with Gasteiger partial charge in [-0.15, -0.1) is 11.3 Å². The van der Waals surface area contributed by atoms with Gasteiger partial charge in [0.2, 0.25) is 0 Å². The van der Waals surface area contributed by atoms with Crippen molar-refractivity contribution in [2.75, 3.05) is 0 Å². The highest BCUT2D eigenvalue weighted by Gasteiger charge is 2.12. The second-order valence-corrected chi connectivity index (χ2v) is 5.71. The lowest BCUT2D eigenvalue weighted by Crippen LogP contribution is -2.15. The number of aryl methyl sites for hydroxylation is 1. The largest absolute Gasteiger partial charge is 0.481 e. The molecule has 6 heteroatoms. The smallest absolute Gasteiger partial charge is 0.307 e. The molecule has 2 rings (SSSR count). The first-order valence-electron chi connectivity index (χ1n) is 5.54. The van der Waals surface area contributed by atoms with Gasteiger partial charge in [-0.3, -0.25) is 14.2 Å². The number of thiazole rings is 1. The molecule has 0 saturated heterocycles. The second kappa shape index (κ2) is 5.49. The summed E-state index contributed by atoms with van der Waals surface area (Å²) in [4.78, 5) is 23.3. The quantitative estimate of drug-likeness (QED) is 0.918. The summed E-state index contributed by atoms with van der Waals surface area (Å²) >= 11 is 2.76. The molecular weight excluding hydrogens is 270 g/mol. The minimum Gasteiger partial charge on any atom is -0.481 e. The predicted octanol–water partition coefficient (Wildman–Crippen LogP) is 2.81. The van der Waals surface area contributed by atoms with Crippen molar-refractivity contribution in [3.63, 3.8) is 0 Å². The van der Waals surface area contributed by atoms with Gasteiger partial charge in [0.15, 0.2) is 0 Å². The van der Waals surface area contributed by atoms with E-state index >= 15 is 0 Å². The summed E-state index contributed by atoms with van der Waals surface area (Å²) in [5.41, 5.74) is 2.05. The van der Waals surface area contributed by atoms with Gasteiger partial charge in [-0.2, -0.15) is 0 Å². The number of carbonyl (C=O) groups is 1. The summed E-state index contributed by atoms with van der Waals surface area (Å²) in [5, 5.41) is 12.5. The standard InChI is InChI=1S/C12H13NO3S2/c1-8-4-6-17-11(8)9-7-18-12(16)13(9)5-2-3-10(14)15/h4,6-7H,2-3,5H2,1H3,(H,14,15). The lowest BCUT2D eigenvalue weighted by molar-refractivity contribution is -0.137. The molecule has 18 heavy (non-hydrogen) atoms. The Bertz CT molecular complexity index is 609. The monoisotopic (exact) mass is 283 g/mol. The van der Waals surface area contributed by atoms with E-state index in [1.807, 2.05) is 23.8 Å². The third kappa shape index (κ3) is 2.70. The van der Waals surface area contributed by atoms with Gasteiger partial charge in [-0.25, -0.2) is 0 Å². The van der Waals surface area contributed by atoms with Crippen LogP contribution in [0.3, 0.4) is 0 Å². The zero-order valence-corrected chi connectivity index (χ0v) is 11.5. The zero-order chi connectivity index (χ0) is 13.1. The molecule has 2 aromatic heterocycles. The fraction of sp³-hybridized carbons (Fsp3) is 0.333. The summed E-state index contributed by atoms with van der Waals surface area (Å²) in [6.45, 7) is 2.47. The average Bonchev–Trinajstić information content (AvgIpc) is 2.86. The van der Waals surface area contributed by atoms with Gasteiger partial charge in [-0.1, -0.05) is 11.3 Å². The molecule has 1 N–H and O–H groups in total. The average molecular weight is 283 g/mol. The molecule has 0 aromatic carbocycles. The van der Waals surface area contributed by atoms with Gasteiger partial charge in [-0.05, 0) is 30.4 Å². The Balaban J connectivity index is 2.25. The van der Waals surface area contributed by atoms with Crippen molar-refractivity contribution >= 4 is 28.6 Å². The van der Waals surface area contributed by atoms with Crippen LogP contribution in [0.15, 0.2) is 21.6 Å². The van der Waals surface area contributed by atoms with E-state index in [-0.39, 0.29) is 11.3 Å². The molecular formula is C12H13NO3S2. The van der Waals surface area contributed by atoms with Crippen LogP contribution < -0.4 is 4.87 Å². The van der Waals surface area contributed by atoms with Crippen molar-refractivity contribution < 1.29 is 9.90 Å². The minimum atomic E-state index is -0.827. The summed E-state index contributed by atoms with van der Waals surface area (Å²) in [5.74, 6) is -0.827. The summed E-state index contributed by atoms with van der Waals surface area (Å²) < 4.78 is 1.67. The number of aliphatic carboxylic acids is 1. The maximum absolute atomic E-state index is 11.8. The Hall–Kier alpha value is -1.40. The van der Waals surface area contributed by atoms with Gasteiger partial charge in [0.05, 0.1) is 10.6 Å². The first-order valence-corrected chi connectivity index (χ1v) is 7.30. The molecule has 0 aliphatic carbocycles. The van der Waals surface area contributed by atoms with Crippen LogP contribution >= 0.6 is 22.7 Å². The summed E-state index contributed by atoms with van der Waals surface area (Å²) in [6.07, 6.45) is 0.564. The predicted molar refractivity (Wildman–Crippen MR) is 73.5 cm³/mol. The number of thiophene rings is 1. The number of carboxylic acid groups (broad SMARTS) is 1. The highest BCUT2D eigenvalue weighted by molar-refractivity contribution is 7.14. The van der Waals surface area contributed by atoms with E-state index in [4.69, 9.17) is 5.11 Å². The Morgan fingerprint density at radius 2 is 2.22 bits per heavy atom. The van der Waals surface area contributed by atoms with E-state index < -0.39 is 5.97 Å². The molecule has 0 radical (unpaired) electrons. The van der Waals surface area contributed by atoms with Gasteiger partial charge in [0, 0.05) is 18.3 Å². The van der Waals surface area contributed by atoms with Gasteiger partial charge in [0.25, 0.3) is 0 Å². The molecule has 0 saturated carbocycles. The highest BCUT2D eigenvalue weighted by Crippen LogP contribution is 2.29. The maximum Gasteiger partial charge on any atom is 0.307 e. The lowest BCUT2D eigenvalue weighted by Gasteiger charge is -2.06. The van der Waals surface area contributed by atoms with Gasteiger partial charge >= 0.3 is 10.8 Å². The molecule has 4 nitrogen and oxygen atoms in total. The van der Waals surface area contributed by atoms with Crippen LogP contribution in [0.25, 0.3) is 10.6 Å². The fourth-order valence-corrected chi connectivity index (χ4v) is 3.54. The number of aromatic nitrogens is 1. The molecule has 0 unspecified atom stereocenters. The van der Waals surface area contributed by atoms with Crippen LogP contribution in [-0.4, -0.2) is 15.6 Å². The molecule has 2 heterocycles. The Morgan fingerprint density at radius 1 is 1.44 bits per heavy atom. The number of carboxylic acids is 1. The number of nitrogens with zero attached hydrogens (tertiary/aromatic N) is 1. The van der Waals surface area contributed by atoms with Crippen LogP contribution in [0.1, 0.15) is 18.4 Å². The van der Waals surface area contributed by atoms with Crippen LogP contribution in [0.4, 0.5) is 0 Å². The van der Waals surface area contributed by atoms with E-state index in [9.17, 15) is 9.59 Å². The second-order valence-electron chi connectivity index (χ2n) is 3.97. The first kappa shape index (κ1) is 13.0. The van der Waals surface area contributed by atoms with E-state index in [1.54, 1.807) is 15.9 Å². The number of hydrogen-bond donors (Lipinski definition) is 1. The van der Waals surface area contributed by atoms with Crippen molar-refractivity contribution in [3.05, 3.63) is 32.1 Å². The molecule has 2 aromatic rings. The van der Waals surface area contributed by atoms with Crippen LogP contribution in [0.5, 0.6) is 0 Å². The van der Waals surface area contributed by atoms with Crippen LogP contribution in [-0.2, 0) is 11.3 Å². The van der Waals surface area contributed by atoms with E-state index in [0.29, 0.717) is 13.0 Å². The molecule has 96 valence electrons. The molecule has 0 bridgehead atoms. The van der Waals surface area contributed by atoms with Crippen LogP contribution in [0, 0.1) is 6.92 Å². The third-order valence-electron chi connectivity index (χ3n) is 2.65. The number of rotatable bonds is 5. The Morgan fingerprint density at radius 3 is 2.83 bits per heavy atom. The summed E-state index contributed by atoms with van der Waals surface area (Å²) in [7, 11) is 0. The normalized spacial score (nSPS) is 10.7.